The molecule has 3 N–H and O–H groups in total. The van der Waals surface area contributed by atoms with E-state index in [9.17, 15) is 14.1 Å². The predicted molar refractivity (Wildman–Crippen MR) is 129 cm³/mol. The molecule has 1 aromatic rings. The van der Waals surface area contributed by atoms with Crippen molar-refractivity contribution in [2.24, 2.45) is 0 Å². The molecular formula is C25H37NO5S. The maximum Gasteiger partial charge on any atom is 0.328 e. The smallest absolute Gasteiger partial charge is 0.328 e. The van der Waals surface area contributed by atoms with Crippen LogP contribution in [0.15, 0.2) is 28.7 Å². The summed E-state index contributed by atoms with van der Waals surface area (Å²) in [6.07, 6.45) is 1.34. The summed E-state index contributed by atoms with van der Waals surface area (Å²) in [6.45, 7) is 13.5. The van der Waals surface area contributed by atoms with Gasteiger partial charge in [-0.1, -0.05) is 65.5 Å². The second-order valence-electron chi connectivity index (χ2n) is 8.42. The van der Waals surface area contributed by atoms with Gasteiger partial charge in [0.2, 0.25) is 0 Å². The van der Waals surface area contributed by atoms with E-state index in [4.69, 9.17) is 9.84 Å². The maximum absolute atomic E-state index is 13.7. The summed E-state index contributed by atoms with van der Waals surface area (Å²) in [6, 6.07) is 3.04. The van der Waals surface area contributed by atoms with Gasteiger partial charge in [-0.05, 0) is 53.0 Å². The lowest BCUT2D eigenvalue weighted by molar-refractivity contribution is -0.144. The van der Waals surface area contributed by atoms with E-state index in [1.807, 2.05) is 0 Å². The van der Waals surface area contributed by atoms with Gasteiger partial charge in [0, 0.05) is 0 Å². The van der Waals surface area contributed by atoms with E-state index < -0.39 is 29.6 Å². The summed E-state index contributed by atoms with van der Waals surface area (Å²) in [4.78, 5) is 13.3. The number of rotatable bonds is 10. The largest absolute Gasteiger partial charge is 0.465 e. The summed E-state index contributed by atoms with van der Waals surface area (Å²) in [7, 11) is -1.75. The number of allylic oxidation sites excluding steroid dienone is 1. The Labute approximate surface area is 195 Å². The summed E-state index contributed by atoms with van der Waals surface area (Å²) in [5.41, 5.74) is 3.31. The lowest BCUT2D eigenvalue weighted by atomic mass is 9.89. The third kappa shape index (κ3) is 7.56. The molecule has 0 bridgehead atoms. The first-order chi connectivity index (χ1) is 15.1. The molecule has 32 heavy (non-hydrogen) atoms. The zero-order valence-electron chi connectivity index (χ0n) is 20.2. The molecule has 1 aromatic carbocycles. The fourth-order valence-corrected chi connectivity index (χ4v) is 4.78. The minimum absolute atomic E-state index is 0.122. The van der Waals surface area contributed by atoms with Gasteiger partial charge in [0.15, 0.2) is 0 Å². The predicted octanol–water partition coefficient (Wildman–Crippen LogP) is 3.52. The Morgan fingerprint density at radius 1 is 1.09 bits per heavy atom. The van der Waals surface area contributed by atoms with Crippen LogP contribution in [0.3, 0.4) is 0 Å². The number of nitrogens with one attached hydrogen (secondary N) is 1. The Bertz CT molecular complexity index is 864. The van der Waals surface area contributed by atoms with E-state index >= 15 is 0 Å². The number of carbonyl (C=O) groups excluding carboxylic acids is 1. The average molecular weight is 464 g/mol. The highest BCUT2D eigenvalue weighted by Crippen LogP contribution is 2.34. The third-order valence-electron chi connectivity index (χ3n) is 5.00. The van der Waals surface area contributed by atoms with Crippen molar-refractivity contribution in [3.05, 3.63) is 40.5 Å². The molecule has 0 fully saturated rings. The van der Waals surface area contributed by atoms with Gasteiger partial charge in [-0.25, -0.2) is 13.7 Å². The van der Waals surface area contributed by atoms with Crippen LogP contribution in [-0.2, 0) is 20.5 Å². The van der Waals surface area contributed by atoms with Crippen LogP contribution in [0.2, 0.25) is 0 Å². The van der Waals surface area contributed by atoms with Crippen LogP contribution in [0.25, 0.3) is 0 Å². The molecule has 0 spiro atoms. The van der Waals surface area contributed by atoms with E-state index in [-0.39, 0.29) is 30.6 Å². The molecule has 0 heterocycles. The molecule has 2 atom stereocenters. The number of aliphatic hydroxyl groups excluding tert-OH is 2. The van der Waals surface area contributed by atoms with Crippen LogP contribution in [0.4, 0.5) is 0 Å². The highest BCUT2D eigenvalue weighted by molar-refractivity contribution is 7.83. The molecule has 0 aliphatic heterocycles. The molecule has 178 valence electrons. The average Bonchev–Trinajstić information content (AvgIpc) is 2.74. The van der Waals surface area contributed by atoms with E-state index in [1.54, 1.807) is 6.92 Å². The summed E-state index contributed by atoms with van der Waals surface area (Å²) in [5.74, 6) is 4.95. The van der Waals surface area contributed by atoms with Crippen molar-refractivity contribution < 1.29 is 24.0 Å². The third-order valence-corrected chi connectivity index (χ3v) is 6.30. The normalized spacial score (nSPS) is 13.8. The standard InChI is InChI=1S/C25H37NO5S/c1-8-31-25(29)23(19(15-28)11-9-10-12-27)26-32(30)24-21(17(4)5)13-20(16(2)3)14-22(24)18(6)7/h11,13-14,16-18,23,26-28H,8,12,15H2,1-7H3/b19-11+/t23-,32?/m0/s1. The zero-order valence-corrected chi connectivity index (χ0v) is 21.0. The molecular weight excluding hydrogens is 426 g/mol. The van der Waals surface area contributed by atoms with E-state index in [2.05, 4.69) is 70.2 Å². The Hall–Kier alpha value is -1.98. The summed E-state index contributed by atoms with van der Waals surface area (Å²) in [5, 5.41) is 18.7. The topological polar surface area (TPSA) is 95.9 Å². The van der Waals surface area contributed by atoms with Gasteiger partial charge < -0.3 is 14.9 Å². The van der Waals surface area contributed by atoms with Crippen LogP contribution in [0.5, 0.6) is 0 Å². The molecule has 0 aliphatic carbocycles. The zero-order chi connectivity index (χ0) is 24.4. The van der Waals surface area contributed by atoms with Gasteiger partial charge in [0.1, 0.15) is 23.6 Å². The minimum Gasteiger partial charge on any atom is -0.465 e. The fraction of sp³-hybridized carbons (Fsp3) is 0.560. The van der Waals surface area contributed by atoms with Crippen LogP contribution in [0.1, 0.15) is 82.9 Å². The number of benzene rings is 1. The first-order valence-electron chi connectivity index (χ1n) is 11.0. The van der Waals surface area contributed by atoms with Gasteiger partial charge in [-0.2, -0.15) is 0 Å². The quantitative estimate of drug-likeness (QED) is 0.365. The van der Waals surface area contributed by atoms with E-state index in [0.717, 1.165) is 11.1 Å². The first kappa shape index (κ1) is 28.1. The van der Waals surface area contributed by atoms with E-state index in [1.165, 1.54) is 11.6 Å². The number of hydrogen-bond donors (Lipinski definition) is 3. The van der Waals surface area contributed by atoms with Crippen molar-refractivity contribution in [1.29, 1.82) is 0 Å². The van der Waals surface area contributed by atoms with Gasteiger partial charge >= 0.3 is 5.97 Å². The van der Waals surface area contributed by atoms with Crippen LogP contribution in [0, 0.1) is 11.8 Å². The molecule has 0 aliphatic rings. The first-order valence-corrected chi connectivity index (χ1v) is 12.1. The van der Waals surface area contributed by atoms with Gasteiger partial charge in [-0.3, -0.25) is 0 Å². The Balaban J connectivity index is 3.58. The lowest BCUT2D eigenvalue weighted by Gasteiger charge is -2.24. The molecule has 0 aromatic heterocycles. The molecule has 0 amide bonds. The molecule has 6 nitrogen and oxygen atoms in total. The summed E-state index contributed by atoms with van der Waals surface area (Å²) >= 11 is 0. The SMILES string of the molecule is CCOC(=O)[C@@H](NS(=O)c1c(C(C)C)cc(C(C)C)cc1C(C)C)/C(=C/C#CCO)CO. The van der Waals surface area contributed by atoms with Crippen LogP contribution < -0.4 is 4.72 Å². The Morgan fingerprint density at radius 3 is 2.06 bits per heavy atom. The lowest BCUT2D eigenvalue weighted by Crippen LogP contribution is -2.42. The van der Waals surface area contributed by atoms with Crippen molar-refractivity contribution in [3.63, 3.8) is 0 Å². The monoisotopic (exact) mass is 463 g/mol. The number of esters is 1. The molecule has 0 saturated carbocycles. The van der Waals surface area contributed by atoms with Crippen molar-refractivity contribution in [1.82, 2.24) is 4.72 Å². The number of carbonyl (C=O) groups is 1. The van der Waals surface area contributed by atoms with E-state index in [0.29, 0.717) is 10.8 Å². The van der Waals surface area contributed by atoms with Crippen molar-refractivity contribution >= 4 is 17.0 Å². The van der Waals surface area contributed by atoms with Gasteiger partial charge in [-0.15, -0.1) is 0 Å². The summed E-state index contributed by atoms with van der Waals surface area (Å²) < 4.78 is 21.7. The van der Waals surface area contributed by atoms with Gasteiger partial charge in [0.05, 0.1) is 18.1 Å². The molecule has 0 saturated heterocycles. The Kier molecular flexibility index (Phi) is 11.9. The van der Waals surface area contributed by atoms with Crippen molar-refractivity contribution in [2.45, 2.75) is 77.2 Å². The highest BCUT2D eigenvalue weighted by Gasteiger charge is 2.29. The van der Waals surface area contributed by atoms with Crippen LogP contribution >= 0.6 is 0 Å². The molecule has 1 rings (SSSR count). The maximum atomic E-state index is 13.7. The highest BCUT2D eigenvalue weighted by atomic mass is 32.2. The number of hydrogen-bond acceptors (Lipinski definition) is 5. The second-order valence-corrected chi connectivity index (χ2v) is 9.60. The minimum atomic E-state index is -1.75. The van der Waals surface area contributed by atoms with Crippen LogP contribution in [-0.4, -0.2) is 46.3 Å². The molecule has 0 radical (unpaired) electrons. The Morgan fingerprint density at radius 2 is 1.66 bits per heavy atom. The second kappa shape index (κ2) is 13.5. The fourth-order valence-electron chi connectivity index (χ4n) is 3.18. The van der Waals surface area contributed by atoms with Crippen molar-refractivity contribution in [2.75, 3.05) is 19.8 Å². The molecule has 7 heteroatoms. The molecule has 1 unspecified atom stereocenters. The van der Waals surface area contributed by atoms with Crippen molar-refractivity contribution in [3.8, 4) is 11.8 Å². The number of ether oxygens (including phenoxy) is 1. The van der Waals surface area contributed by atoms with Gasteiger partial charge in [0.25, 0.3) is 0 Å². The number of aliphatic hydroxyl groups is 2.